The molecule has 2 N–H and O–H groups in total. The van der Waals surface area contributed by atoms with Crippen molar-refractivity contribution < 1.29 is 19.7 Å². The lowest BCUT2D eigenvalue weighted by Gasteiger charge is -2.03. The van der Waals surface area contributed by atoms with Crippen molar-refractivity contribution >= 4 is 23.8 Å². The molecule has 0 fully saturated rings. The van der Waals surface area contributed by atoms with Crippen LogP contribution in [-0.2, 0) is 0 Å². The summed E-state index contributed by atoms with van der Waals surface area (Å²) in [7, 11) is 3.01. The van der Waals surface area contributed by atoms with E-state index in [9.17, 15) is 10.2 Å². The first-order chi connectivity index (χ1) is 16.6. The Balaban J connectivity index is 0.000000469. The number of aliphatic imine (C=N–C) groups is 2. The number of hydrogen-bond donors (Lipinski definition) is 2. The van der Waals surface area contributed by atoms with E-state index in [1.165, 1.54) is 14.2 Å². The molecule has 0 saturated heterocycles. The van der Waals surface area contributed by atoms with Crippen LogP contribution in [0.3, 0.4) is 0 Å². The molecule has 0 unspecified atom stereocenters. The standard InChI is InChI=1S/C22H20N2O4.C6H6/c1-27-21-11-15(3-9-19(21)25)13-23-17-5-7-18(8-6-17)24-14-16-4-10-20(26)22(12-16)28-2;1-2-4-6-5-3-1/h3-14,25-26H,1-2H3;1-6H. The molecule has 0 aromatic heterocycles. The highest BCUT2D eigenvalue weighted by Gasteiger charge is 2.02. The second kappa shape index (κ2) is 12.5. The Morgan fingerprint density at radius 2 is 0.912 bits per heavy atom. The maximum absolute atomic E-state index is 9.62. The molecule has 0 aliphatic heterocycles. The SMILES string of the molecule is COc1cc(C=Nc2ccc(N=Cc3ccc(O)c(OC)c3)cc2)ccc1O.c1ccccc1. The van der Waals surface area contributed by atoms with Gasteiger partial charge in [-0.2, -0.15) is 0 Å². The monoisotopic (exact) mass is 454 g/mol. The van der Waals surface area contributed by atoms with Gasteiger partial charge in [0.05, 0.1) is 25.6 Å². The summed E-state index contributed by atoms with van der Waals surface area (Å²) in [5.41, 5.74) is 3.19. The van der Waals surface area contributed by atoms with Gasteiger partial charge in [-0.05, 0) is 71.8 Å². The predicted octanol–water partition coefficient (Wildman–Crippen LogP) is 6.30. The van der Waals surface area contributed by atoms with Crippen molar-refractivity contribution in [2.45, 2.75) is 0 Å². The van der Waals surface area contributed by atoms with Crippen molar-refractivity contribution in [1.29, 1.82) is 0 Å². The fourth-order valence-electron chi connectivity index (χ4n) is 2.86. The van der Waals surface area contributed by atoms with Crippen molar-refractivity contribution in [3.05, 3.63) is 108 Å². The molecule has 6 heteroatoms. The highest BCUT2D eigenvalue weighted by atomic mass is 16.5. The minimum atomic E-state index is 0.0908. The van der Waals surface area contributed by atoms with Crippen molar-refractivity contribution in [3.63, 3.8) is 0 Å². The van der Waals surface area contributed by atoms with Gasteiger partial charge in [-0.25, -0.2) is 0 Å². The van der Waals surface area contributed by atoms with Gasteiger partial charge in [0.25, 0.3) is 0 Å². The first kappa shape index (κ1) is 24.1. The van der Waals surface area contributed by atoms with Crippen LogP contribution in [0.1, 0.15) is 11.1 Å². The molecule has 4 aromatic rings. The minimum absolute atomic E-state index is 0.0908. The second-order valence-electron chi connectivity index (χ2n) is 7.05. The molecule has 6 nitrogen and oxygen atoms in total. The van der Waals surface area contributed by atoms with Crippen LogP contribution >= 0.6 is 0 Å². The number of ether oxygens (including phenoxy) is 2. The van der Waals surface area contributed by atoms with E-state index in [1.54, 1.807) is 48.8 Å². The third-order valence-electron chi connectivity index (χ3n) is 4.65. The zero-order valence-corrected chi connectivity index (χ0v) is 19.0. The van der Waals surface area contributed by atoms with Gasteiger partial charge in [-0.3, -0.25) is 9.98 Å². The van der Waals surface area contributed by atoms with Gasteiger partial charge in [0, 0.05) is 12.4 Å². The normalized spacial score (nSPS) is 10.6. The van der Waals surface area contributed by atoms with E-state index in [0.717, 1.165) is 22.5 Å². The Morgan fingerprint density at radius 1 is 0.559 bits per heavy atom. The summed E-state index contributed by atoms with van der Waals surface area (Å²) in [4.78, 5) is 8.83. The maximum atomic E-state index is 9.62. The molecule has 34 heavy (non-hydrogen) atoms. The van der Waals surface area contributed by atoms with Crippen LogP contribution in [-0.4, -0.2) is 36.9 Å². The van der Waals surface area contributed by atoms with Crippen molar-refractivity contribution in [2.24, 2.45) is 9.98 Å². The van der Waals surface area contributed by atoms with Crippen LogP contribution < -0.4 is 9.47 Å². The van der Waals surface area contributed by atoms with E-state index in [0.29, 0.717) is 11.5 Å². The van der Waals surface area contributed by atoms with E-state index in [-0.39, 0.29) is 11.5 Å². The molecule has 0 aliphatic carbocycles. The first-order valence-corrected chi connectivity index (χ1v) is 10.5. The van der Waals surface area contributed by atoms with Crippen LogP contribution in [0.15, 0.2) is 107 Å². The van der Waals surface area contributed by atoms with E-state index in [1.807, 2.05) is 60.7 Å². The van der Waals surface area contributed by atoms with Crippen LogP contribution in [0.4, 0.5) is 11.4 Å². The average molecular weight is 455 g/mol. The number of benzene rings is 4. The zero-order valence-electron chi connectivity index (χ0n) is 19.0. The molecule has 0 radical (unpaired) electrons. The highest BCUT2D eigenvalue weighted by Crippen LogP contribution is 2.27. The molecule has 0 bridgehead atoms. The lowest BCUT2D eigenvalue weighted by atomic mass is 10.2. The molecule has 0 aliphatic rings. The highest BCUT2D eigenvalue weighted by molar-refractivity contribution is 5.84. The number of nitrogens with zero attached hydrogens (tertiary/aromatic N) is 2. The Labute approximate surface area is 199 Å². The average Bonchev–Trinajstić information content (AvgIpc) is 2.89. The van der Waals surface area contributed by atoms with Gasteiger partial charge >= 0.3 is 0 Å². The quantitative estimate of drug-likeness (QED) is 0.335. The summed E-state index contributed by atoms with van der Waals surface area (Å²) < 4.78 is 10.2. The van der Waals surface area contributed by atoms with Crippen molar-refractivity contribution in [1.82, 2.24) is 0 Å². The number of phenolic OH excluding ortho intramolecular Hbond substituents is 2. The zero-order chi connectivity index (χ0) is 24.2. The fourth-order valence-corrected chi connectivity index (χ4v) is 2.86. The van der Waals surface area contributed by atoms with Crippen LogP contribution in [0.5, 0.6) is 23.0 Å². The van der Waals surface area contributed by atoms with Gasteiger partial charge in [0.1, 0.15) is 0 Å². The van der Waals surface area contributed by atoms with E-state index < -0.39 is 0 Å². The summed E-state index contributed by atoms with van der Waals surface area (Å²) in [5.74, 6) is 0.986. The van der Waals surface area contributed by atoms with Gasteiger partial charge in [0.15, 0.2) is 23.0 Å². The largest absolute Gasteiger partial charge is 0.504 e. The third kappa shape index (κ3) is 7.24. The molecule has 0 heterocycles. The summed E-state index contributed by atoms with van der Waals surface area (Å²) in [6.45, 7) is 0. The number of rotatable bonds is 6. The Bertz CT molecular complexity index is 1130. The molecule has 0 amide bonds. The number of hydrogen-bond acceptors (Lipinski definition) is 6. The Hall–Kier alpha value is -4.58. The Morgan fingerprint density at radius 3 is 1.24 bits per heavy atom. The maximum Gasteiger partial charge on any atom is 0.161 e. The van der Waals surface area contributed by atoms with Gasteiger partial charge < -0.3 is 19.7 Å². The van der Waals surface area contributed by atoms with Crippen molar-refractivity contribution in [3.8, 4) is 23.0 Å². The lowest BCUT2D eigenvalue weighted by Crippen LogP contribution is -1.87. The first-order valence-electron chi connectivity index (χ1n) is 10.5. The smallest absolute Gasteiger partial charge is 0.161 e. The molecule has 0 saturated carbocycles. The lowest BCUT2D eigenvalue weighted by molar-refractivity contribution is 0.373. The number of aromatic hydroxyl groups is 2. The third-order valence-corrected chi connectivity index (χ3v) is 4.65. The fraction of sp³-hybridized carbons (Fsp3) is 0.0714. The van der Waals surface area contributed by atoms with Gasteiger partial charge in [-0.15, -0.1) is 0 Å². The molecular weight excluding hydrogens is 428 g/mol. The van der Waals surface area contributed by atoms with Crippen LogP contribution in [0, 0.1) is 0 Å². The predicted molar refractivity (Wildman–Crippen MR) is 137 cm³/mol. The van der Waals surface area contributed by atoms with Gasteiger partial charge in [-0.1, -0.05) is 36.4 Å². The van der Waals surface area contributed by atoms with Crippen molar-refractivity contribution in [2.75, 3.05) is 14.2 Å². The topological polar surface area (TPSA) is 83.6 Å². The molecule has 0 spiro atoms. The van der Waals surface area contributed by atoms with E-state index in [2.05, 4.69) is 9.98 Å². The second-order valence-corrected chi connectivity index (χ2v) is 7.05. The minimum Gasteiger partial charge on any atom is -0.504 e. The van der Waals surface area contributed by atoms with Gasteiger partial charge in [0.2, 0.25) is 0 Å². The molecule has 172 valence electrons. The summed E-state index contributed by atoms with van der Waals surface area (Å²) in [5, 5.41) is 19.2. The Kier molecular flexibility index (Phi) is 8.82. The number of phenols is 2. The molecular formula is C28H26N2O4. The van der Waals surface area contributed by atoms with E-state index in [4.69, 9.17) is 9.47 Å². The van der Waals surface area contributed by atoms with Crippen LogP contribution in [0.25, 0.3) is 0 Å². The summed E-state index contributed by atoms with van der Waals surface area (Å²) >= 11 is 0. The summed E-state index contributed by atoms with van der Waals surface area (Å²) in [6, 6.07) is 29.5. The number of methoxy groups -OCH3 is 2. The van der Waals surface area contributed by atoms with Crippen LogP contribution in [0.2, 0.25) is 0 Å². The van der Waals surface area contributed by atoms with E-state index >= 15 is 0 Å². The molecule has 4 rings (SSSR count). The molecule has 4 aromatic carbocycles. The summed E-state index contributed by atoms with van der Waals surface area (Å²) in [6.07, 6.45) is 3.39. The molecule has 0 atom stereocenters.